The van der Waals surface area contributed by atoms with Crippen LogP contribution in [0.4, 0.5) is 28.6 Å². The first-order valence-corrected chi connectivity index (χ1v) is 7.28. The van der Waals surface area contributed by atoms with Gasteiger partial charge in [-0.15, -0.1) is 0 Å². The lowest BCUT2D eigenvalue weighted by Crippen LogP contribution is -2.12. The van der Waals surface area contributed by atoms with Crippen LogP contribution >= 0.6 is 0 Å². The highest BCUT2D eigenvalue weighted by Gasteiger charge is 2.20. The summed E-state index contributed by atoms with van der Waals surface area (Å²) in [6, 6.07) is 5.44. The number of nitrogens with zero attached hydrogens (tertiary/aromatic N) is 3. The second-order valence-electron chi connectivity index (χ2n) is 3.99. The van der Waals surface area contributed by atoms with Gasteiger partial charge < -0.3 is 21.8 Å². The van der Waals surface area contributed by atoms with Crippen LogP contribution < -0.4 is 4.72 Å². The molecule has 0 saturated carbocycles. The Labute approximate surface area is 128 Å². The second-order valence-corrected chi connectivity index (χ2v) is 5.67. The number of anilines is 1. The molecule has 0 aliphatic rings. The van der Waals surface area contributed by atoms with E-state index in [9.17, 15) is 25.7 Å². The summed E-state index contributed by atoms with van der Waals surface area (Å²) >= 11 is 0. The standard InChI is InChI=1S/C10H9N4O3S.BF4/c1-7-10(6-12-17-7)14-18(15,16)9-4-2-8(13-11)3-5-9;2-1(3,4)5/h2-6,14H,1H3;/q+1;-1. The van der Waals surface area contributed by atoms with Gasteiger partial charge in [-0.25, -0.2) is 8.42 Å². The van der Waals surface area contributed by atoms with E-state index in [4.69, 9.17) is 9.92 Å². The Bertz CT molecular complexity index is 793. The van der Waals surface area contributed by atoms with Crippen LogP contribution in [0.3, 0.4) is 0 Å². The minimum atomic E-state index is -6.00. The van der Waals surface area contributed by atoms with E-state index < -0.39 is 17.3 Å². The van der Waals surface area contributed by atoms with Crippen LogP contribution in [0.5, 0.6) is 0 Å². The van der Waals surface area contributed by atoms with Gasteiger partial charge in [0.25, 0.3) is 10.0 Å². The third kappa shape index (κ3) is 6.35. The predicted octanol–water partition coefficient (Wildman–Crippen LogP) is 3.57. The molecule has 1 aromatic carbocycles. The van der Waals surface area contributed by atoms with Gasteiger partial charge in [0, 0.05) is 12.1 Å². The molecule has 0 amide bonds. The molecule has 1 heterocycles. The van der Waals surface area contributed by atoms with E-state index in [0.29, 0.717) is 5.76 Å². The smallest absolute Gasteiger partial charge is 0.418 e. The fourth-order valence-electron chi connectivity index (χ4n) is 1.29. The van der Waals surface area contributed by atoms with E-state index in [1.165, 1.54) is 30.5 Å². The summed E-state index contributed by atoms with van der Waals surface area (Å²) in [6.07, 6.45) is 1.28. The first-order valence-electron chi connectivity index (χ1n) is 5.79. The summed E-state index contributed by atoms with van der Waals surface area (Å²) in [7, 11) is -9.70. The van der Waals surface area contributed by atoms with Gasteiger partial charge in [0.2, 0.25) is 5.39 Å². The largest absolute Gasteiger partial charge is 0.673 e. The van der Waals surface area contributed by atoms with Crippen molar-refractivity contribution in [1.29, 1.82) is 5.39 Å². The molecule has 0 aliphatic carbocycles. The summed E-state index contributed by atoms with van der Waals surface area (Å²) in [5.41, 5.74) is 0.557. The first kappa shape index (κ1) is 18.4. The van der Waals surface area contributed by atoms with Crippen LogP contribution in [0.25, 0.3) is 4.98 Å². The summed E-state index contributed by atoms with van der Waals surface area (Å²) in [5.74, 6) is 0.376. The van der Waals surface area contributed by atoms with Crippen LogP contribution in [0, 0.1) is 12.3 Å². The van der Waals surface area contributed by atoms with Crippen molar-refractivity contribution < 1.29 is 30.2 Å². The Kier molecular flexibility index (Phi) is 5.69. The summed E-state index contributed by atoms with van der Waals surface area (Å²) in [4.78, 5) is 2.99. The molecule has 13 heteroatoms. The van der Waals surface area contributed by atoms with Crippen LogP contribution in [0.2, 0.25) is 0 Å². The molecule has 0 saturated heterocycles. The Balaban J connectivity index is 0.000000463. The van der Waals surface area contributed by atoms with Crippen molar-refractivity contribution >= 4 is 28.7 Å². The zero-order valence-electron chi connectivity index (χ0n) is 11.5. The number of aryl methyl sites for hydroxylation is 1. The SMILES string of the molecule is Cc1oncc1NS(=O)(=O)c1ccc([N+]#N)cc1.F[B-](F)(F)F. The summed E-state index contributed by atoms with van der Waals surface area (Å²) in [5, 5.41) is 12.0. The molecule has 0 atom stereocenters. The highest BCUT2D eigenvalue weighted by atomic mass is 32.2. The fraction of sp³-hybridized carbons (Fsp3) is 0.100. The zero-order chi connectivity index (χ0) is 17.7. The number of sulfonamides is 1. The topological polar surface area (TPSA) is 100 Å². The number of hydrogen-bond acceptors (Lipinski definition) is 5. The number of benzene rings is 1. The average Bonchev–Trinajstić information content (AvgIpc) is 2.82. The summed E-state index contributed by atoms with van der Waals surface area (Å²) < 4.78 is 70.1. The molecule has 2 aromatic rings. The fourth-order valence-corrected chi connectivity index (χ4v) is 2.39. The minimum Gasteiger partial charge on any atom is -0.418 e. The van der Waals surface area contributed by atoms with Crippen molar-refractivity contribution in [2.24, 2.45) is 0 Å². The van der Waals surface area contributed by atoms with E-state index in [0.717, 1.165) is 0 Å². The third-order valence-electron chi connectivity index (χ3n) is 2.26. The van der Waals surface area contributed by atoms with E-state index >= 15 is 0 Å². The third-order valence-corrected chi connectivity index (χ3v) is 3.64. The number of nitrogens with one attached hydrogen (secondary N) is 1. The van der Waals surface area contributed by atoms with E-state index in [2.05, 4.69) is 14.9 Å². The van der Waals surface area contributed by atoms with Gasteiger partial charge in [0.15, 0.2) is 10.7 Å². The number of aromatic nitrogens is 1. The van der Waals surface area contributed by atoms with Gasteiger partial charge in [-0.05, 0) is 19.1 Å². The van der Waals surface area contributed by atoms with E-state index in [1.54, 1.807) is 6.92 Å². The van der Waals surface area contributed by atoms with Crippen molar-refractivity contribution in [2.75, 3.05) is 4.72 Å². The number of diazo groups is 1. The molecule has 23 heavy (non-hydrogen) atoms. The Hall–Kier alpha value is -2.62. The average molecular weight is 352 g/mol. The quantitative estimate of drug-likeness (QED) is 0.517. The van der Waals surface area contributed by atoms with Gasteiger partial charge >= 0.3 is 12.9 Å². The molecule has 7 nitrogen and oxygen atoms in total. The lowest BCUT2D eigenvalue weighted by Gasteiger charge is -2.05. The molecule has 124 valence electrons. The van der Waals surface area contributed by atoms with Gasteiger partial charge in [0.1, 0.15) is 5.69 Å². The zero-order valence-corrected chi connectivity index (χ0v) is 12.3. The molecular formula is C10H9BF4N4O3S. The Morgan fingerprint density at radius 2 is 1.74 bits per heavy atom. The highest BCUT2D eigenvalue weighted by molar-refractivity contribution is 7.92. The van der Waals surface area contributed by atoms with Crippen molar-refractivity contribution in [3.05, 3.63) is 41.2 Å². The Morgan fingerprint density at radius 3 is 2.13 bits per heavy atom. The molecular weight excluding hydrogens is 343 g/mol. The number of halogens is 4. The number of hydrogen-bond donors (Lipinski definition) is 1. The monoisotopic (exact) mass is 352 g/mol. The van der Waals surface area contributed by atoms with Crippen LogP contribution in [0.15, 0.2) is 39.9 Å². The van der Waals surface area contributed by atoms with Crippen LogP contribution in [-0.2, 0) is 10.0 Å². The van der Waals surface area contributed by atoms with Crippen molar-refractivity contribution in [3.8, 4) is 0 Å². The molecule has 0 unspecified atom stereocenters. The van der Waals surface area contributed by atoms with Gasteiger partial charge in [-0.3, -0.25) is 4.72 Å². The molecule has 0 radical (unpaired) electrons. The molecule has 2 rings (SSSR count). The molecule has 0 bridgehead atoms. The second kappa shape index (κ2) is 7.10. The van der Waals surface area contributed by atoms with Crippen molar-refractivity contribution in [1.82, 2.24) is 5.16 Å². The molecule has 0 spiro atoms. The van der Waals surface area contributed by atoms with E-state index in [-0.39, 0.29) is 16.3 Å². The van der Waals surface area contributed by atoms with E-state index in [1.807, 2.05) is 0 Å². The predicted molar refractivity (Wildman–Crippen MR) is 73.4 cm³/mol. The normalized spacial score (nSPS) is 11.1. The molecule has 1 N–H and O–H groups in total. The maximum atomic E-state index is 12.0. The van der Waals surface area contributed by atoms with Crippen molar-refractivity contribution in [3.63, 3.8) is 0 Å². The van der Waals surface area contributed by atoms with Crippen molar-refractivity contribution in [2.45, 2.75) is 11.8 Å². The minimum absolute atomic E-state index is 0.0514. The first-order chi connectivity index (χ1) is 10.5. The van der Waals surface area contributed by atoms with Gasteiger partial charge in [0.05, 0.1) is 11.1 Å². The maximum absolute atomic E-state index is 12.0. The van der Waals surface area contributed by atoms with Gasteiger partial charge in [-0.1, -0.05) is 5.16 Å². The molecule has 0 aliphatic heterocycles. The number of rotatable bonds is 3. The molecule has 0 fully saturated rings. The van der Waals surface area contributed by atoms with Gasteiger partial charge in [-0.2, -0.15) is 0 Å². The lowest BCUT2D eigenvalue weighted by molar-refractivity contribution is 0.368. The van der Waals surface area contributed by atoms with Crippen LogP contribution in [0.1, 0.15) is 5.76 Å². The molecule has 1 aromatic heterocycles. The Morgan fingerprint density at radius 1 is 1.22 bits per heavy atom. The lowest BCUT2D eigenvalue weighted by atomic mass is 10.3. The van der Waals surface area contributed by atoms with Crippen LogP contribution in [-0.4, -0.2) is 20.8 Å². The summed E-state index contributed by atoms with van der Waals surface area (Å²) in [6.45, 7) is 1.60. The highest BCUT2D eigenvalue weighted by Crippen LogP contribution is 2.21. The maximum Gasteiger partial charge on any atom is 0.673 e.